The monoisotopic (exact) mass is 326 g/mol. The van der Waals surface area contributed by atoms with E-state index in [9.17, 15) is 4.79 Å². The SMILES string of the molecule is Cl.O=C(CC1CC2CCC(C1)N2)NC1CC1C1CCCCC1. The van der Waals surface area contributed by atoms with Crippen LogP contribution in [0.2, 0.25) is 0 Å². The predicted octanol–water partition coefficient (Wildman–Crippen LogP) is 3.41. The number of hydrogen-bond acceptors (Lipinski definition) is 2. The molecular formula is C18H31ClN2O. The molecule has 4 fully saturated rings. The van der Waals surface area contributed by atoms with Crippen molar-refractivity contribution in [3.63, 3.8) is 0 Å². The van der Waals surface area contributed by atoms with Crippen molar-refractivity contribution in [1.82, 2.24) is 10.6 Å². The van der Waals surface area contributed by atoms with Gasteiger partial charge in [0.05, 0.1) is 0 Å². The average Bonchev–Trinajstić information content (AvgIpc) is 3.16. The van der Waals surface area contributed by atoms with Crippen molar-refractivity contribution in [3.8, 4) is 0 Å². The fraction of sp³-hybridized carbons (Fsp3) is 0.944. The third kappa shape index (κ3) is 3.79. The molecular weight excluding hydrogens is 296 g/mol. The topological polar surface area (TPSA) is 41.1 Å². The molecule has 1 amide bonds. The van der Waals surface area contributed by atoms with Crippen LogP contribution in [0.4, 0.5) is 0 Å². The van der Waals surface area contributed by atoms with Gasteiger partial charge >= 0.3 is 0 Å². The smallest absolute Gasteiger partial charge is 0.220 e. The highest BCUT2D eigenvalue weighted by molar-refractivity contribution is 5.85. The van der Waals surface area contributed by atoms with Crippen molar-refractivity contribution in [1.29, 1.82) is 0 Å². The largest absolute Gasteiger partial charge is 0.353 e. The van der Waals surface area contributed by atoms with Crippen molar-refractivity contribution >= 4 is 18.3 Å². The summed E-state index contributed by atoms with van der Waals surface area (Å²) in [5.41, 5.74) is 0. The van der Waals surface area contributed by atoms with E-state index in [1.54, 1.807) is 0 Å². The number of piperidine rings is 1. The Bertz CT molecular complexity index is 385. The minimum atomic E-state index is 0. The molecule has 4 heteroatoms. The van der Waals surface area contributed by atoms with Crippen LogP contribution >= 0.6 is 12.4 Å². The van der Waals surface area contributed by atoms with Crippen LogP contribution in [0.3, 0.4) is 0 Å². The number of rotatable bonds is 4. The molecule has 0 radical (unpaired) electrons. The van der Waals surface area contributed by atoms with E-state index in [2.05, 4.69) is 10.6 Å². The molecule has 2 aliphatic heterocycles. The van der Waals surface area contributed by atoms with Crippen LogP contribution in [0.5, 0.6) is 0 Å². The standard InChI is InChI=1S/C18H30N2O.ClH/c21-18(10-12-8-14-6-7-15(9-12)19-14)20-17-11-16(17)13-4-2-1-3-5-13;/h12-17,19H,1-11H2,(H,20,21);1H. The van der Waals surface area contributed by atoms with Gasteiger partial charge in [0.2, 0.25) is 5.91 Å². The van der Waals surface area contributed by atoms with Crippen LogP contribution in [0.15, 0.2) is 0 Å². The second-order valence-electron chi connectivity index (χ2n) is 8.15. The summed E-state index contributed by atoms with van der Waals surface area (Å²) in [6, 6.07) is 1.94. The molecule has 2 N–H and O–H groups in total. The second-order valence-corrected chi connectivity index (χ2v) is 8.15. The molecule has 2 saturated heterocycles. The first-order valence-electron chi connectivity index (χ1n) is 9.33. The Kier molecular flexibility index (Phi) is 5.34. The minimum Gasteiger partial charge on any atom is -0.353 e. The lowest BCUT2D eigenvalue weighted by Crippen LogP contribution is -2.40. The third-order valence-corrected chi connectivity index (χ3v) is 6.49. The molecule has 2 heterocycles. The molecule has 0 aromatic rings. The lowest BCUT2D eigenvalue weighted by Gasteiger charge is -2.28. The Labute approximate surface area is 140 Å². The molecule has 2 bridgehead atoms. The number of amides is 1. The summed E-state index contributed by atoms with van der Waals surface area (Å²) in [5.74, 6) is 2.71. The fourth-order valence-corrected chi connectivity index (χ4v) is 5.33. The van der Waals surface area contributed by atoms with E-state index in [0.29, 0.717) is 30.0 Å². The molecule has 0 aromatic heterocycles. The summed E-state index contributed by atoms with van der Waals surface area (Å²) in [6.07, 6.45) is 14.2. The van der Waals surface area contributed by atoms with E-state index in [0.717, 1.165) is 18.3 Å². The summed E-state index contributed by atoms with van der Waals surface area (Å²) < 4.78 is 0. The summed E-state index contributed by atoms with van der Waals surface area (Å²) in [7, 11) is 0. The lowest BCUT2D eigenvalue weighted by atomic mass is 9.85. The van der Waals surface area contributed by atoms with Gasteiger partial charge in [0.1, 0.15) is 0 Å². The zero-order valence-electron chi connectivity index (χ0n) is 13.6. The Morgan fingerprint density at radius 3 is 2.32 bits per heavy atom. The summed E-state index contributed by atoms with van der Waals surface area (Å²) >= 11 is 0. The van der Waals surface area contributed by atoms with Crippen molar-refractivity contribution in [2.75, 3.05) is 0 Å². The highest BCUT2D eigenvalue weighted by Gasteiger charge is 2.44. The van der Waals surface area contributed by atoms with Crippen LogP contribution in [-0.2, 0) is 4.79 Å². The van der Waals surface area contributed by atoms with Gasteiger partial charge in [0.25, 0.3) is 0 Å². The lowest BCUT2D eigenvalue weighted by molar-refractivity contribution is -0.122. The zero-order valence-corrected chi connectivity index (χ0v) is 14.4. The van der Waals surface area contributed by atoms with Crippen LogP contribution in [0.25, 0.3) is 0 Å². The highest BCUT2D eigenvalue weighted by atomic mass is 35.5. The van der Waals surface area contributed by atoms with Gasteiger partial charge in [-0.05, 0) is 49.9 Å². The molecule has 0 aromatic carbocycles. The average molecular weight is 327 g/mol. The zero-order chi connectivity index (χ0) is 14.2. The normalized spacial score (nSPS) is 40.8. The van der Waals surface area contributed by atoms with Gasteiger partial charge < -0.3 is 10.6 Å². The molecule has 4 rings (SSSR count). The number of carbonyl (C=O) groups excluding carboxylic acids is 1. The van der Waals surface area contributed by atoms with Gasteiger partial charge in [0.15, 0.2) is 0 Å². The van der Waals surface area contributed by atoms with Gasteiger partial charge in [-0.1, -0.05) is 32.1 Å². The fourth-order valence-electron chi connectivity index (χ4n) is 5.33. The van der Waals surface area contributed by atoms with Gasteiger partial charge in [-0.15, -0.1) is 12.4 Å². The number of halogens is 1. The van der Waals surface area contributed by atoms with Gasteiger partial charge in [-0.2, -0.15) is 0 Å². The third-order valence-electron chi connectivity index (χ3n) is 6.49. The van der Waals surface area contributed by atoms with Crippen molar-refractivity contribution in [2.45, 2.75) is 88.8 Å². The first-order valence-corrected chi connectivity index (χ1v) is 9.33. The first kappa shape index (κ1) is 16.6. The van der Waals surface area contributed by atoms with Crippen molar-refractivity contribution in [3.05, 3.63) is 0 Å². The maximum absolute atomic E-state index is 12.3. The van der Waals surface area contributed by atoms with E-state index in [1.807, 2.05) is 0 Å². The van der Waals surface area contributed by atoms with E-state index in [4.69, 9.17) is 0 Å². The van der Waals surface area contributed by atoms with Gasteiger partial charge in [0, 0.05) is 24.5 Å². The molecule has 4 atom stereocenters. The summed E-state index contributed by atoms with van der Waals surface area (Å²) in [4.78, 5) is 12.3. The Hall–Kier alpha value is -0.280. The molecule has 0 spiro atoms. The molecule has 4 unspecified atom stereocenters. The van der Waals surface area contributed by atoms with Crippen LogP contribution in [-0.4, -0.2) is 24.0 Å². The van der Waals surface area contributed by atoms with Crippen LogP contribution in [0, 0.1) is 17.8 Å². The predicted molar refractivity (Wildman–Crippen MR) is 91.1 cm³/mol. The number of carbonyl (C=O) groups is 1. The summed E-state index contributed by atoms with van der Waals surface area (Å²) in [6.45, 7) is 0. The second kappa shape index (κ2) is 7.09. The molecule has 2 saturated carbocycles. The maximum Gasteiger partial charge on any atom is 0.220 e. The number of hydrogen-bond donors (Lipinski definition) is 2. The minimum absolute atomic E-state index is 0. The maximum atomic E-state index is 12.3. The molecule has 22 heavy (non-hydrogen) atoms. The number of fused-ring (bicyclic) bond motifs is 2. The molecule has 2 aliphatic carbocycles. The van der Waals surface area contributed by atoms with Gasteiger partial charge in [-0.3, -0.25) is 4.79 Å². The van der Waals surface area contributed by atoms with E-state index < -0.39 is 0 Å². The van der Waals surface area contributed by atoms with E-state index in [1.165, 1.54) is 64.2 Å². The Balaban J connectivity index is 0.00000144. The van der Waals surface area contributed by atoms with Crippen LogP contribution in [0.1, 0.15) is 70.6 Å². The van der Waals surface area contributed by atoms with Crippen molar-refractivity contribution < 1.29 is 4.79 Å². The quantitative estimate of drug-likeness (QED) is 0.831. The molecule has 126 valence electrons. The summed E-state index contributed by atoms with van der Waals surface area (Å²) in [5, 5.41) is 7.00. The van der Waals surface area contributed by atoms with E-state index >= 15 is 0 Å². The van der Waals surface area contributed by atoms with E-state index in [-0.39, 0.29) is 12.4 Å². The molecule has 4 aliphatic rings. The first-order chi connectivity index (χ1) is 10.3. The highest BCUT2D eigenvalue weighted by Crippen LogP contribution is 2.44. The van der Waals surface area contributed by atoms with Crippen molar-refractivity contribution in [2.24, 2.45) is 17.8 Å². The Morgan fingerprint density at radius 1 is 0.955 bits per heavy atom. The van der Waals surface area contributed by atoms with Gasteiger partial charge in [-0.25, -0.2) is 0 Å². The molecule has 3 nitrogen and oxygen atoms in total. The van der Waals surface area contributed by atoms with Crippen LogP contribution < -0.4 is 10.6 Å². The number of nitrogens with one attached hydrogen (secondary N) is 2. The Morgan fingerprint density at radius 2 is 1.64 bits per heavy atom.